The number of nitrogens with zero attached hydrogens (tertiary/aromatic N) is 1. The van der Waals surface area contributed by atoms with Crippen LogP contribution in [0.1, 0.15) is 27.0 Å². The molecule has 0 unspecified atom stereocenters. The molecule has 4 aromatic rings. The van der Waals surface area contributed by atoms with Crippen molar-refractivity contribution in [3.63, 3.8) is 0 Å². The molecule has 0 aliphatic rings. The fraction of sp³-hybridized carbons (Fsp3) is 0.188. The number of benzene rings is 4. The molecule has 0 aliphatic carbocycles. The Morgan fingerprint density at radius 1 is 0.711 bits per heavy atom. The molecule has 0 fully saturated rings. The minimum absolute atomic E-state index is 0.0418. The van der Waals surface area contributed by atoms with Gasteiger partial charge in [-0.15, -0.1) is 0 Å². The number of rotatable bonds is 11. The van der Waals surface area contributed by atoms with Crippen LogP contribution in [0.25, 0.3) is 0 Å². The number of anilines is 1. The highest BCUT2D eigenvalue weighted by atomic mass is 16.5. The zero-order valence-electron chi connectivity index (χ0n) is 21.7. The summed E-state index contributed by atoms with van der Waals surface area (Å²) in [5.41, 5.74) is 4.33. The standard InChI is InChI=1S/C32H32N2O4/c1-37-29-17-13-24(14-18-29)19-20-33-31(35)21-25-11-15-28(16-12-25)34(23-26-7-4-3-5-8-26)32(36)27-9-6-10-30(22-27)38-2/h3-18,22H,19-21,23H2,1-2H3,(H,33,35). The SMILES string of the molecule is COc1ccc(CCNC(=O)Cc2ccc(N(Cc3ccccc3)C(=O)c3cccc(OC)c3)cc2)cc1. The summed E-state index contributed by atoms with van der Waals surface area (Å²) >= 11 is 0. The molecule has 6 heteroatoms. The first-order valence-corrected chi connectivity index (χ1v) is 12.5. The minimum Gasteiger partial charge on any atom is -0.497 e. The topological polar surface area (TPSA) is 67.9 Å². The van der Waals surface area contributed by atoms with Crippen LogP contribution in [0.4, 0.5) is 5.69 Å². The fourth-order valence-corrected chi connectivity index (χ4v) is 4.14. The van der Waals surface area contributed by atoms with Gasteiger partial charge in [-0.05, 0) is 65.6 Å². The van der Waals surface area contributed by atoms with Gasteiger partial charge in [0, 0.05) is 17.8 Å². The van der Waals surface area contributed by atoms with Crippen LogP contribution in [0.3, 0.4) is 0 Å². The third kappa shape index (κ3) is 7.23. The zero-order chi connectivity index (χ0) is 26.7. The van der Waals surface area contributed by atoms with Crippen LogP contribution < -0.4 is 19.7 Å². The number of amides is 2. The number of ether oxygens (including phenoxy) is 2. The maximum atomic E-state index is 13.6. The monoisotopic (exact) mass is 508 g/mol. The fourth-order valence-electron chi connectivity index (χ4n) is 4.14. The van der Waals surface area contributed by atoms with E-state index in [1.807, 2.05) is 91.0 Å². The molecule has 2 amide bonds. The predicted molar refractivity (Wildman–Crippen MR) is 150 cm³/mol. The molecule has 4 aromatic carbocycles. The molecule has 6 nitrogen and oxygen atoms in total. The van der Waals surface area contributed by atoms with Gasteiger partial charge in [-0.25, -0.2) is 0 Å². The van der Waals surface area contributed by atoms with Crippen molar-refractivity contribution in [1.29, 1.82) is 0 Å². The summed E-state index contributed by atoms with van der Waals surface area (Å²) in [6.07, 6.45) is 1.01. The van der Waals surface area contributed by atoms with Crippen LogP contribution in [0.15, 0.2) is 103 Å². The number of hydrogen-bond acceptors (Lipinski definition) is 4. The van der Waals surface area contributed by atoms with E-state index in [0.29, 0.717) is 24.4 Å². The first kappa shape index (κ1) is 26.5. The maximum Gasteiger partial charge on any atom is 0.258 e. The van der Waals surface area contributed by atoms with E-state index in [0.717, 1.165) is 34.5 Å². The Bertz CT molecular complexity index is 1340. The first-order valence-electron chi connectivity index (χ1n) is 12.5. The maximum absolute atomic E-state index is 13.6. The van der Waals surface area contributed by atoms with Crippen molar-refractivity contribution in [2.24, 2.45) is 0 Å². The van der Waals surface area contributed by atoms with Gasteiger partial charge in [-0.2, -0.15) is 0 Å². The van der Waals surface area contributed by atoms with E-state index >= 15 is 0 Å². The summed E-state index contributed by atoms with van der Waals surface area (Å²) in [6.45, 7) is 0.977. The van der Waals surface area contributed by atoms with Crippen LogP contribution in [-0.2, 0) is 24.2 Å². The first-order chi connectivity index (χ1) is 18.6. The lowest BCUT2D eigenvalue weighted by molar-refractivity contribution is -0.120. The average molecular weight is 509 g/mol. The lowest BCUT2D eigenvalue weighted by atomic mass is 10.1. The largest absolute Gasteiger partial charge is 0.497 e. The predicted octanol–water partition coefficient (Wildman–Crippen LogP) is 5.45. The molecule has 0 bridgehead atoms. The molecule has 0 atom stereocenters. The van der Waals surface area contributed by atoms with Gasteiger partial charge >= 0.3 is 0 Å². The smallest absolute Gasteiger partial charge is 0.258 e. The van der Waals surface area contributed by atoms with E-state index in [1.54, 1.807) is 31.3 Å². The minimum atomic E-state index is -0.128. The Labute approximate surface area is 223 Å². The van der Waals surface area contributed by atoms with Crippen molar-refractivity contribution in [2.45, 2.75) is 19.4 Å². The van der Waals surface area contributed by atoms with Crippen LogP contribution in [0, 0.1) is 0 Å². The zero-order valence-corrected chi connectivity index (χ0v) is 21.7. The van der Waals surface area contributed by atoms with Gasteiger partial charge in [0.05, 0.1) is 27.2 Å². The molecule has 194 valence electrons. The van der Waals surface area contributed by atoms with Crippen molar-refractivity contribution in [1.82, 2.24) is 5.32 Å². The molecule has 38 heavy (non-hydrogen) atoms. The van der Waals surface area contributed by atoms with Crippen molar-refractivity contribution in [3.8, 4) is 11.5 Å². The summed E-state index contributed by atoms with van der Waals surface area (Å²) in [5, 5.41) is 2.98. The Kier molecular flexibility index (Phi) is 9.13. The van der Waals surface area contributed by atoms with E-state index in [9.17, 15) is 9.59 Å². The molecule has 1 N–H and O–H groups in total. The Morgan fingerprint density at radius 2 is 1.39 bits per heavy atom. The number of carbonyl (C=O) groups is 2. The molecule has 0 saturated heterocycles. The average Bonchev–Trinajstić information content (AvgIpc) is 2.97. The lowest BCUT2D eigenvalue weighted by Crippen LogP contribution is -2.30. The van der Waals surface area contributed by atoms with E-state index in [1.165, 1.54) is 0 Å². The van der Waals surface area contributed by atoms with Crippen molar-refractivity contribution < 1.29 is 19.1 Å². The van der Waals surface area contributed by atoms with Crippen molar-refractivity contribution >= 4 is 17.5 Å². The highest BCUT2D eigenvalue weighted by molar-refractivity contribution is 6.06. The van der Waals surface area contributed by atoms with Crippen LogP contribution in [-0.4, -0.2) is 32.6 Å². The van der Waals surface area contributed by atoms with Gasteiger partial charge in [0.15, 0.2) is 0 Å². The van der Waals surface area contributed by atoms with Gasteiger partial charge < -0.3 is 19.7 Å². The van der Waals surface area contributed by atoms with Gasteiger partial charge in [0.1, 0.15) is 11.5 Å². The molecule has 0 radical (unpaired) electrons. The quantitative estimate of drug-likeness (QED) is 0.293. The van der Waals surface area contributed by atoms with Gasteiger partial charge in [-0.1, -0.05) is 60.7 Å². The molecular weight excluding hydrogens is 476 g/mol. The summed E-state index contributed by atoms with van der Waals surface area (Å²) in [6, 6.07) is 32.4. The third-order valence-corrected chi connectivity index (χ3v) is 6.25. The molecule has 0 aliphatic heterocycles. The summed E-state index contributed by atoms with van der Waals surface area (Å²) in [5.74, 6) is 1.27. The van der Waals surface area contributed by atoms with Crippen molar-refractivity contribution in [2.75, 3.05) is 25.7 Å². The van der Waals surface area contributed by atoms with Crippen LogP contribution in [0.5, 0.6) is 11.5 Å². The molecule has 0 spiro atoms. The molecule has 0 aromatic heterocycles. The Hall–Kier alpha value is -4.58. The van der Waals surface area contributed by atoms with Crippen LogP contribution in [0.2, 0.25) is 0 Å². The molecule has 0 saturated carbocycles. The van der Waals surface area contributed by atoms with Crippen molar-refractivity contribution in [3.05, 3.63) is 125 Å². The lowest BCUT2D eigenvalue weighted by Gasteiger charge is -2.24. The summed E-state index contributed by atoms with van der Waals surface area (Å²) < 4.78 is 10.5. The number of carbonyl (C=O) groups excluding carboxylic acids is 2. The van der Waals surface area contributed by atoms with Gasteiger partial charge in [-0.3, -0.25) is 9.59 Å². The highest BCUT2D eigenvalue weighted by Crippen LogP contribution is 2.23. The second-order valence-corrected chi connectivity index (χ2v) is 8.90. The number of nitrogens with one attached hydrogen (secondary N) is 1. The number of hydrogen-bond donors (Lipinski definition) is 1. The second-order valence-electron chi connectivity index (χ2n) is 8.90. The van der Waals surface area contributed by atoms with E-state index in [4.69, 9.17) is 9.47 Å². The normalized spacial score (nSPS) is 10.5. The molecule has 4 rings (SSSR count). The number of methoxy groups -OCH3 is 2. The molecular formula is C32H32N2O4. The van der Waals surface area contributed by atoms with E-state index in [2.05, 4.69) is 5.32 Å². The van der Waals surface area contributed by atoms with Gasteiger partial charge in [0.25, 0.3) is 5.91 Å². The third-order valence-electron chi connectivity index (χ3n) is 6.25. The highest BCUT2D eigenvalue weighted by Gasteiger charge is 2.19. The van der Waals surface area contributed by atoms with Gasteiger partial charge in [0.2, 0.25) is 5.91 Å². The Morgan fingerprint density at radius 3 is 2.08 bits per heavy atom. The van der Waals surface area contributed by atoms with Crippen LogP contribution >= 0.6 is 0 Å². The molecule has 0 heterocycles. The summed E-state index contributed by atoms with van der Waals surface area (Å²) in [4.78, 5) is 27.8. The summed E-state index contributed by atoms with van der Waals surface area (Å²) in [7, 11) is 3.22. The van der Waals surface area contributed by atoms with E-state index in [-0.39, 0.29) is 18.2 Å². The second kappa shape index (κ2) is 13.1. The Balaban J connectivity index is 1.41. The van der Waals surface area contributed by atoms with E-state index < -0.39 is 0 Å².